The zero-order chi connectivity index (χ0) is 16.9. The molecular weight excluding hydrogens is 364 g/mol. The summed E-state index contributed by atoms with van der Waals surface area (Å²) >= 11 is 1.36. The molecule has 3 N–H and O–H groups in total. The molecule has 1 aliphatic heterocycles. The molecule has 2 aromatic rings. The Balaban J connectivity index is 0.00000225. The highest BCUT2D eigenvalue weighted by atomic mass is 35.5. The van der Waals surface area contributed by atoms with Gasteiger partial charge < -0.3 is 15.4 Å². The van der Waals surface area contributed by atoms with Crippen molar-refractivity contribution in [2.75, 3.05) is 30.3 Å². The van der Waals surface area contributed by atoms with Crippen molar-refractivity contribution in [1.29, 1.82) is 0 Å². The zero-order valence-electron chi connectivity index (χ0n) is 13.6. The minimum atomic E-state index is -0.483. The van der Waals surface area contributed by atoms with E-state index in [9.17, 15) is 9.59 Å². The van der Waals surface area contributed by atoms with Gasteiger partial charge in [-0.05, 0) is 12.1 Å². The monoisotopic (exact) mass is 382 g/mol. The van der Waals surface area contributed by atoms with E-state index in [1.807, 2.05) is 29.6 Å². The molecule has 7 nitrogen and oxygen atoms in total. The summed E-state index contributed by atoms with van der Waals surface area (Å²) in [5, 5.41) is 11.0. The number of aromatic nitrogens is 1. The molecule has 0 spiro atoms. The Labute approximate surface area is 155 Å². The van der Waals surface area contributed by atoms with E-state index in [0.29, 0.717) is 18.3 Å². The van der Waals surface area contributed by atoms with Crippen LogP contribution < -0.4 is 16.0 Å². The third-order valence-corrected chi connectivity index (χ3v) is 4.21. The molecule has 2 heterocycles. The first-order valence-corrected chi connectivity index (χ1v) is 8.46. The second-order valence-corrected chi connectivity index (χ2v) is 6.21. The van der Waals surface area contributed by atoms with E-state index in [2.05, 4.69) is 20.9 Å². The smallest absolute Gasteiger partial charge is 0.256 e. The topological polar surface area (TPSA) is 92.4 Å². The van der Waals surface area contributed by atoms with Crippen LogP contribution in [0.5, 0.6) is 0 Å². The van der Waals surface area contributed by atoms with Gasteiger partial charge in [-0.25, -0.2) is 4.98 Å². The zero-order valence-corrected chi connectivity index (χ0v) is 15.2. The van der Waals surface area contributed by atoms with E-state index in [4.69, 9.17) is 4.74 Å². The van der Waals surface area contributed by atoms with Crippen LogP contribution in [0.3, 0.4) is 0 Å². The van der Waals surface area contributed by atoms with Gasteiger partial charge in [-0.1, -0.05) is 12.1 Å². The molecule has 1 aliphatic rings. The Morgan fingerprint density at radius 3 is 2.68 bits per heavy atom. The number of rotatable bonds is 4. The number of nitrogens with zero attached hydrogens (tertiary/aromatic N) is 1. The fraction of sp³-hybridized carbons (Fsp3) is 0.312. The minimum absolute atomic E-state index is 0. The molecule has 1 fully saturated rings. The number of thiazole rings is 1. The summed E-state index contributed by atoms with van der Waals surface area (Å²) in [6.45, 7) is 3.27. The fourth-order valence-corrected chi connectivity index (χ4v) is 3.03. The third kappa shape index (κ3) is 5.23. The average molecular weight is 383 g/mol. The summed E-state index contributed by atoms with van der Waals surface area (Å²) in [6.07, 6.45) is -0.483. The second kappa shape index (κ2) is 8.91. The number of amides is 2. The van der Waals surface area contributed by atoms with Crippen molar-refractivity contribution in [2.24, 2.45) is 0 Å². The quantitative estimate of drug-likeness (QED) is 0.753. The Morgan fingerprint density at radius 1 is 1.28 bits per heavy atom. The van der Waals surface area contributed by atoms with Crippen LogP contribution in [0.25, 0.3) is 11.3 Å². The van der Waals surface area contributed by atoms with Crippen LogP contribution in [0.15, 0.2) is 29.6 Å². The van der Waals surface area contributed by atoms with E-state index < -0.39 is 6.10 Å². The molecular formula is C16H19ClN4O3S. The molecule has 0 radical (unpaired) electrons. The molecule has 25 heavy (non-hydrogen) atoms. The van der Waals surface area contributed by atoms with Gasteiger partial charge in [0.05, 0.1) is 12.3 Å². The van der Waals surface area contributed by atoms with Gasteiger partial charge in [0.2, 0.25) is 5.91 Å². The van der Waals surface area contributed by atoms with Crippen LogP contribution in [-0.2, 0) is 14.3 Å². The van der Waals surface area contributed by atoms with Crippen molar-refractivity contribution in [2.45, 2.75) is 13.0 Å². The molecule has 2 amide bonds. The van der Waals surface area contributed by atoms with Gasteiger partial charge >= 0.3 is 0 Å². The van der Waals surface area contributed by atoms with E-state index in [1.165, 1.54) is 18.3 Å². The van der Waals surface area contributed by atoms with Gasteiger partial charge in [0.1, 0.15) is 6.10 Å². The Bertz CT molecular complexity index is 729. The van der Waals surface area contributed by atoms with Gasteiger partial charge in [-0.2, -0.15) is 0 Å². The van der Waals surface area contributed by atoms with Crippen LogP contribution in [0.2, 0.25) is 0 Å². The first kappa shape index (κ1) is 19.3. The van der Waals surface area contributed by atoms with Crippen LogP contribution in [0.1, 0.15) is 6.92 Å². The number of benzene rings is 1. The van der Waals surface area contributed by atoms with Crippen LogP contribution >= 0.6 is 23.7 Å². The Morgan fingerprint density at radius 2 is 2.04 bits per heavy atom. The number of hydrogen-bond donors (Lipinski definition) is 3. The lowest BCUT2D eigenvalue weighted by Gasteiger charge is -2.22. The molecule has 0 saturated carbocycles. The van der Waals surface area contributed by atoms with E-state index in [0.717, 1.165) is 23.5 Å². The highest BCUT2D eigenvalue weighted by Gasteiger charge is 2.22. The summed E-state index contributed by atoms with van der Waals surface area (Å²) in [6, 6.07) is 7.38. The maximum absolute atomic E-state index is 12.1. The van der Waals surface area contributed by atoms with Gasteiger partial charge in [0, 0.05) is 36.6 Å². The molecule has 3 rings (SSSR count). The predicted octanol–water partition coefficient (Wildman–Crippen LogP) is 2.12. The number of carbonyl (C=O) groups excluding carboxylic acids is 2. The number of anilines is 2. The standard InChI is InChI=1S/C16H18N4O3S.ClH/c1-10(21)18-12-4-2-11(3-5-12)13-9-24-16(19-13)20-15(22)14-8-17-6-7-23-14;/h2-5,9,14,17H,6-8H2,1H3,(H,18,21)(H,19,20,22);1H. The molecule has 9 heteroatoms. The van der Waals surface area contributed by atoms with Gasteiger partial charge in [0.25, 0.3) is 5.91 Å². The van der Waals surface area contributed by atoms with Gasteiger partial charge in [-0.15, -0.1) is 23.7 Å². The van der Waals surface area contributed by atoms with Crippen LogP contribution in [0, 0.1) is 0 Å². The summed E-state index contributed by atoms with van der Waals surface area (Å²) in [5.74, 6) is -0.301. The van der Waals surface area contributed by atoms with Crippen molar-refractivity contribution < 1.29 is 14.3 Å². The number of halogens is 1. The van der Waals surface area contributed by atoms with Crippen LogP contribution in [-0.4, -0.2) is 42.6 Å². The second-order valence-electron chi connectivity index (χ2n) is 5.35. The lowest BCUT2D eigenvalue weighted by Crippen LogP contribution is -2.45. The SMILES string of the molecule is CC(=O)Nc1ccc(-c2csc(NC(=O)C3CNCCO3)n2)cc1.Cl. The lowest BCUT2D eigenvalue weighted by molar-refractivity contribution is -0.128. The predicted molar refractivity (Wildman–Crippen MR) is 100 cm³/mol. The molecule has 1 unspecified atom stereocenters. The number of nitrogens with one attached hydrogen (secondary N) is 3. The highest BCUT2D eigenvalue weighted by Crippen LogP contribution is 2.26. The molecule has 1 atom stereocenters. The fourth-order valence-electron chi connectivity index (χ4n) is 2.31. The van der Waals surface area contributed by atoms with Crippen molar-refractivity contribution >= 4 is 46.4 Å². The molecule has 1 saturated heterocycles. The average Bonchev–Trinajstić information content (AvgIpc) is 3.04. The summed E-state index contributed by atoms with van der Waals surface area (Å²) < 4.78 is 5.42. The van der Waals surface area contributed by atoms with Crippen molar-refractivity contribution in [3.8, 4) is 11.3 Å². The molecule has 0 aliphatic carbocycles. The van der Waals surface area contributed by atoms with Crippen LogP contribution in [0.4, 0.5) is 10.8 Å². The Hall–Kier alpha value is -2.00. The van der Waals surface area contributed by atoms with E-state index >= 15 is 0 Å². The van der Waals surface area contributed by atoms with Gasteiger partial charge in [-0.3, -0.25) is 14.9 Å². The summed E-state index contributed by atoms with van der Waals surface area (Å²) in [4.78, 5) is 27.6. The van der Waals surface area contributed by atoms with Crippen molar-refractivity contribution in [1.82, 2.24) is 10.3 Å². The third-order valence-electron chi connectivity index (χ3n) is 3.46. The van der Waals surface area contributed by atoms with Crippen molar-refractivity contribution in [3.05, 3.63) is 29.6 Å². The van der Waals surface area contributed by atoms with E-state index in [-0.39, 0.29) is 24.2 Å². The summed E-state index contributed by atoms with van der Waals surface area (Å²) in [5.41, 5.74) is 2.42. The first-order valence-electron chi connectivity index (χ1n) is 7.58. The minimum Gasteiger partial charge on any atom is -0.366 e. The number of ether oxygens (including phenoxy) is 1. The number of morpholine rings is 1. The summed E-state index contributed by atoms with van der Waals surface area (Å²) in [7, 11) is 0. The maximum atomic E-state index is 12.1. The number of carbonyl (C=O) groups is 2. The van der Waals surface area contributed by atoms with Gasteiger partial charge in [0.15, 0.2) is 5.13 Å². The first-order chi connectivity index (χ1) is 11.6. The lowest BCUT2D eigenvalue weighted by atomic mass is 10.1. The molecule has 1 aromatic carbocycles. The van der Waals surface area contributed by atoms with E-state index in [1.54, 1.807) is 0 Å². The molecule has 134 valence electrons. The normalized spacial score (nSPS) is 16.6. The Kier molecular flexibility index (Phi) is 6.89. The largest absolute Gasteiger partial charge is 0.366 e. The highest BCUT2D eigenvalue weighted by molar-refractivity contribution is 7.14. The van der Waals surface area contributed by atoms with Crippen molar-refractivity contribution in [3.63, 3.8) is 0 Å². The maximum Gasteiger partial charge on any atom is 0.256 e. The molecule has 1 aromatic heterocycles. The number of hydrogen-bond acceptors (Lipinski definition) is 6. The molecule has 0 bridgehead atoms.